The summed E-state index contributed by atoms with van der Waals surface area (Å²) >= 11 is 0. The van der Waals surface area contributed by atoms with Crippen molar-refractivity contribution in [2.24, 2.45) is 0 Å². The van der Waals surface area contributed by atoms with Crippen LogP contribution in [0.2, 0.25) is 0 Å². The van der Waals surface area contributed by atoms with Gasteiger partial charge in [-0.3, -0.25) is 9.59 Å². The highest BCUT2D eigenvalue weighted by Gasteiger charge is 2.46. The molecule has 0 spiro atoms. The SMILES string of the molecule is CC1CN(C(=O)C2(c3ccccc3)CCN(C(=O)CC(c3ccccc3)c3ccccc3)CC2)CC(C)N1. The van der Waals surface area contributed by atoms with Gasteiger partial charge < -0.3 is 15.1 Å². The first kappa shape index (κ1) is 26.2. The zero-order valence-electron chi connectivity index (χ0n) is 22.6. The number of piperazine rings is 1. The summed E-state index contributed by atoms with van der Waals surface area (Å²) in [6.07, 6.45) is 1.72. The molecule has 2 fully saturated rings. The maximum absolute atomic E-state index is 14.2. The van der Waals surface area contributed by atoms with Crippen molar-refractivity contribution in [1.29, 1.82) is 0 Å². The van der Waals surface area contributed by atoms with E-state index < -0.39 is 5.41 Å². The van der Waals surface area contributed by atoms with E-state index in [2.05, 4.69) is 60.5 Å². The topological polar surface area (TPSA) is 52.7 Å². The minimum absolute atomic E-state index is 0.0103. The molecule has 2 unspecified atom stereocenters. The van der Waals surface area contributed by atoms with E-state index in [9.17, 15) is 9.59 Å². The van der Waals surface area contributed by atoms with E-state index in [1.54, 1.807) is 0 Å². The van der Waals surface area contributed by atoms with Crippen LogP contribution in [0, 0.1) is 0 Å². The minimum Gasteiger partial charge on any atom is -0.343 e. The van der Waals surface area contributed by atoms with Crippen molar-refractivity contribution in [2.75, 3.05) is 26.2 Å². The van der Waals surface area contributed by atoms with Crippen LogP contribution in [0.5, 0.6) is 0 Å². The van der Waals surface area contributed by atoms with Gasteiger partial charge in [0.2, 0.25) is 11.8 Å². The summed E-state index contributed by atoms with van der Waals surface area (Å²) in [4.78, 5) is 31.9. The lowest BCUT2D eigenvalue weighted by atomic mass is 9.71. The van der Waals surface area contributed by atoms with Crippen LogP contribution in [0.15, 0.2) is 91.0 Å². The lowest BCUT2D eigenvalue weighted by molar-refractivity contribution is -0.144. The molecule has 0 aliphatic carbocycles. The van der Waals surface area contributed by atoms with Gasteiger partial charge in [0.25, 0.3) is 0 Å². The third-order valence-corrected chi connectivity index (χ3v) is 8.33. The van der Waals surface area contributed by atoms with Gasteiger partial charge in [0.05, 0.1) is 5.41 Å². The van der Waals surface area contributed by atoms with Gasteiger partial charge in [-0.15, -0.1) is 0 Å². The lowest BCUT2D eigenvalue weighted by Crippen LogP contribution is -2.61. The molecule has 5 rings (SSSR count). The summed E-state index contributed by atoms with van der Waals surface area (Å²) in [6, 6.07) is 31.4. The van der Waals surface area contributed by atoms with Gasteiger partial charge in [0.15, 0.2) is 0 Å². The summed E-state index contributed by atoms with van der Waals surface area (Å²) in [7, 11) is 0. The molecule has 5 nitrogen and oxygen atoms in total. The number of rotatable bonds is 6. The molecular weight excluding hydrogens is 470 g/mol. The summed E-state index contributed by atoms with van der Waals surface area (Å²) in [5, 5.41) is 3.54. The highest BCUT2D eigenvalue weighted by Crippen LogP contribution is 2.39. The van der Waals surface area contributed by atoms with Gasteiger partial charge in [-0.2, -0.15) is 0 Å². The van der Waals surface area contributed by atoms with Crippen LogP contribution >= 0.6 is 0 Å². The molecule has 2 amide bonds. The molecule has 3 aromatic carbocycles. The number of hydrogen-bond donors (Lipinski definition) is 1. The fourth-order valence-corrected chi connectivity index (χ4v) is 6.42. The molecule has 198 valence electrons. The van der Waals surface area contributed by atoms with Crippen molar-refractivity contribution in [3.05, 3.63) is 108 Å². The average molecular weight is 510 g/mol. The molecule has 0 bridgehead atoms. The lowest BCUT2D eigenvalue weighted by Gasteiger charge is -2.46. The molecular formula is C33H39N3O2. The van der Waals surface area contributed by atoms with Crippen LogP contribution in [0.4, 0.5) is 0 Å². The van der Waals surface area contributed by atoms with Crippen LogP contribution < -0.4 is 5.32 Å². The predicted octanol–water partition coefficient (Wildman–Crippen LogP) is 4.98. The van der Waals surface area contributed by atoms with Crippen molar-refractivity contribution in [1.82, 2.24) is 15.1 Å². The molecule has 38 heavy (non-hydrogen) atoms. The fourth-order valence-electron chi connectivity index (χ4n) is 6.42. The number of hydrogen-bond acceptors (Lipinski definition) is 3. The molecule has 5 heteroatoms. The van der Waals surface area contributed by atoms with Gasteiger partial charge in [-0.1, -0.05) is 91.0 Å². The van der Waals surface area contributed by atoms with E-state index in [-0.39, 0.29) is 29.8 Å². The molecule has 2 aliphatic heterocycles. The number of carbonyl (C=O) groups excluding carboxylic acids is 2. The monoisotopic (exact) mass is 509 g/mol. The highest BCUT2D eigenvalue weighted by molar-refractivity contribution is 5.89. The third kappa shape index (κ3) is 5.53. The van der Waals surface area contributed by atoms with Crippen LogP contribution in [-0.4, -0.2) is 59.9 Å². The summed E-state index contributed by atoms with van der Waals surface area (Å²) < 4.78 is 0. The van der Waals surface area contributed by atoms with Crippen LogP contribution in [0.3, 0.4) is 0 Å². The van der Waals surface area contributed by atoms with Crippen molar-refractivity contribution in [3.63, 3.8) is 0 Å². The van der Waals surface area contributed by atoms with E-state index in [4.69, 9.17) is 0 Å². The Morgan fingerprint density at radius 2 is 1.24 bits per heavy atom. The molecule has 0 saturated carbocycles. The molecule has 1 N–H and O–H groups in total. The van der Waals surface area contributed by atoms with Gasteiger partial charge in [0.1, 0.15) is 0 Å². The maximum atomic E-state index is 14.2. The third-order valence-electron chi connectivity index (χ3n) is 8.33. The Hall–Kier alpha value is -3.44. The molecule has 2 saturated heterocycles. The molecule has 3 aromatic rings. The normalized spacial score (nSPS) is 21.3. The Balaban J connectivity index is 1.35. The zero-order valence-corrected chi connectivity index (χ0v) is 22.6. The molecule has 2 aliphatic rings. The minimum atomic E-state index is -0.590. The first-order valence-corrected chi connectivity index (χ1v) is 13.9. The second-order valence-electron chi connectivity index (χ2n) is 11.1. The molecule has 0 radical (unpaired) electrons. The van der Waals surface area contributed by atoms with Gasteiger partial charge in [-0.05, 0) is 43.4 Å². The summed E-state index contributed by atoms with van der Waals surface area (Å²) in [5.41, 5.74) is 2.79. The summed E-state index contributed by atoms with van der Waals surface area (Å²) in [5.74, 6) is 0.375. The van der Waals surface area contributed by atoms with Gasteiger partial charge >= 0.3 is 0 Å². The number of benzene rings is 3. The maximum Gasteiger partial charge on any atom is 0.233 e. The predicted molar refractivity (Wildman–Crippen MR) is 152 cm³/mol. The summed E-state index contributed by atoms with van der Waals surface area (Å²) in [6.45, 7) is 6.90. The fraction of sp³-hybridized carbons (Fsp3) is 0.394. The van der Waals surface area contributed by atoms with E-state index in [0.29, 0.717) is 32.4 Å². The Labute approximate surface area is 226 Å². The number of nitrogens with one attached hydrogen (secondary N) is 1. The van der Waals surface area contributed by atoms with Crippen LogP contribution in [-0.2, 0) is 15.0 Å². The highest BCUT2D eigenvalue weighted by atomic mass is 16.2. The average Bonchev–Trinajstić information content (AvgIpc) is 2.96. The quantitative estimate of drug-likeness (QED) is 0.510. The number of carbonyl (C=O) groups is 2. The smallest absolute Gasteiger partial charge is 0.233 e. The Bertz CT molecular complexity index is 1160. The second-order valence-corrected chi connectivity index (χ2v) is 11.1. The van der Waals surface area contributed by atoms with Crippen molar-refractivity contribution >= 4 is 11.8 Å². The number of likely N-dealkylation sites (tertiary alicyclic amines) is 1. The molecule has 0 aromatic heterocycles. The zero-order chi connectivity index (χ0) is 26.5. The number of piperidine rings is 1. The van der Waals surface area contributed by atoms with Crippen LogP contribution in [0.1, 0.15) is 55.7 Å². The van der Waals surface area contributed by atoms with E-state index in [1.165, 1.54) is 0 Å². The Kier molecular flexibility index (Phi) is 7.94. The number of amides is 2. The van der Waals surface area contributed by atoms with Crippen molar-refractivity contribution in [3.8, 4) is 0 Å². The van der Waals surface area contributed by atoms with E-state index in [0.717, 1.165) is 29.8 Å². The first-order valence-electron chi connectivity index (χ1n) is 13.9. The van der Waals surface area contributed by atoms with Crippen molar-refractivity contribution < 1.29 is 9.59 Å². The standard InChI is InChI=1S/C33H39N3O2/c1-25-23-36(24-26(2)34-25)32(38)33(29-16-10-5-11-17-29)18-20-35(21-19-33)31(37)22-30(27-12-6-3-7-13-27)28-14-8-4-9-15-28/h3-17,25-26,30,34H,18-24H2,1-2H3. The van der Waals surface area contributed by atoms with E-state index in [1.807, 2.05) is 59.5 Å². The number of nitrogens with zero attached hydrogens (tertiary/aromatic N) is 2. The first-order chi connectivity index (χ1) is 18.5. The van der Waals surface area contributed by atoms with Crippen molar-refractivity contribution in [2.45, 2.75) is 56.5 Å². The Morgan fingerprint density at radius 3 is 1.74 bits per heavy atom. The second kappa shape index (κ2) is 11.5. The molecule has 2 atom stereocenters. The molecule has 2 heterocycles. The largest absolute Gasteiger partial charge is 0.343 e. The van der Waals surface area contributed by atoms with E-state index >= 15 is 0 Å². The Morgan fingerprint density at radius 1 is 0.763 bits per heavy atom. The van der Waals surface area contributed by atoms with Gasteiger partial charge in [0, 0.05) is 50.6 Å². The van der Waals surface area contributed by atoms with Gasteiger partial charge in [-0.25, -0.2) is 0 Å². The van der Waals surface area contributed by atoms with Crippen LogP contribution in [0.25, 0.3) is 0 Å².